The third-order valence-electron chi connectivity index (χ3n) is 5.59. The highest BCUT2D eigenvalue weighted by Crippen LogP contribution is 2.42. The van der Waals surface area contributed by atoms with E-state index >= 15 is 0 Å². The van der Waals surface area contributed by atoms with E-state index in [9.17, 15) is 22.8 Å². The van der Waals surface area contributed by atoms with Gasteiger partial charge in [0.05, 0.1) is 18.1 Å². The van der Waals surface area contributed by atoms with E-state index in [-0.39, 0.29) is 41.4 Å². The van der Waals surface area contributed by atoms with Crippen molar-refractivity contribution in [1.29, 1.82) is 0 Å². The largest absolute Gasteiger partial charge is 0.486 e. The minimum Gasteiger partial charge on any atom is -0.486 e. The fraction of sp³-hybridized carbons (Fsp3) is 0.360. The Morgan fingerprint density at radius 1 is 1.14 bits per heavy atom. The van der Waals surface area contributed by atoms with Crippen molar-refractivity contribution in [2.75, 3.05) is 32.9 Å². The molecule has 1 saturated heterocycles. The average molecular weight is 508 g/mol. The summed E-state index contributed by atoms with van der Waals surface area (Å²) in [5.74, 6) is -0.0119. The van der Waals surface area contributed by atoms with Gasteiger partial charge in [-0.15, -0.1) is 0 Å². The van der Waals surface area contributed by atoms with Crippen LogP contribution < -0.4 is 9.47 Å². The molecule has 2 aliphatic rings. The smallest absolute Gasteiger partial charge is 0.417 e. The van der Waals surface area contributed by atoms with Crippen molar-refractivity contribution >= 4 is 29.7 Å². The van der Waals surface area contributed by atoms with Crippen molar-refractivity contribution < 1.29 is 37.0 Å². The number of hydrogen-bond acceptors (Lipinski definition) is 6. The molecule has 186 valence electrons. The molecule has 4 rings (SSSR count). The number of alkyl halides is 3. The Labute approximate surface area is 205 Å². The predicted molar refractivity (Wildman–Crippen MR) is 123 cm³/mol. The lowest BCUT2D eigenvalue weighted by Gasteiger charge is -2.19. The molecule has 35 heavy (non-hydrogen) atoms. The molecule has 0 aliphatic carbocycles. The molecule has 0 N–H and O–H groups in total. The van der Waals surface area contributed by atoms with E-state index in [2.05, 4.69) is 0 Å². The summed E-state index contributed by atoms with van der Waals surface area (Å²) in [5, 5.41) is 0. The van der Waals surface area contributed by atoms with Gasteiger partial charge < -0.3 is 19.1 Å². The molecule has 6 nitrogen and oxygen atoms in total. The van der Waals surface area contributed by atoms with Gasteiger partial charge in [0.25, 0.3) is 0 Å². The minimum absolute atomic E-state index is 0.0366. The molecule has 0 spiro atoms. The van der Waals surface area contributed by atoms with Crippen LogP contribution in [-0.4, -0.2) is 49.7 Å². The van der Waals surface area contributed by atoms with Crippen LogP contribution in [0.15, 0.2) is 52.3 Å². The van der Waals surface area contributed by atoms with Gasteiger partial charge in [-0.3, -0.25) is 9.59 Å². The number of carbonyl (C=O) groups excluding carboxylic acids is 2. The van der Waals surface area contributed by atoms with Crippen LogP contribution in [0.1, 0.15) is 24.5 Å². The second-order valence-corrected chi connectivity index (χ2v) is 9.13. The van der Waals surface area contributed by atoms with Crippen molar-refractivity contribution in [3.05, 3.63) is 53.6 Å². The van der Waals surface area contributed by atoms with E-state index in [1.807, 2.05) is 0 Å². The van der Waals surface area contributed by atoms with Crippen LogP contribution in [-0.2, 0) is 20.5 Å². The summed E-state index contributed by atoms with van der Waals surface area (Å²) in [6, 6.07) is 8.97. The maximum atomic E-state index is 13.8. The summed E-state index contributed by atoms with van der Waals surface area (Å²) in [6.07, 6.45) is -1.49. The summed E-state index contributed by atoms with van der Waals surface area (Å²) in [7, 11) is 0. The fourth-order valence-electron chi connectivity index (χ4n) is 3.86. The molecule has 0 bridgehead atoms. The molecule has 10 heteroatoms. The molecule has 0 radical (unpaired) electrons. The van der Waals surface area contributed by atoms with E-state index in [1.165, 1.54) is 29.2 Å². The number of nitrogens with zero attached hydrogens (tertiary/aromatic N) is 1. The van der Waals surface area contributed by atoms with Crippen molar-refractivity contribution in [2.45, 2.75) is 29.3 Å². The first-order chi connectivity index (χ1) is 16.7. The third-order valence-corrected chi connectivity index (χ3v) is 6.65. The number of rotatable bonds is 6. The average Bonchev–Trinajstić information content (AvgIpc) is 3.33. The first kappa shape index (κ1) is 25.0. The van der Waals surface area contributed by atoms with Crippen molar-refractivity contribution in [3.8, 4) is 11.5 Å². The monoisotopic (exact) mass is 507 g/mol. The summed E-state index contributed by atoms with van der Waals surface area (Å²) >= 11 is 0.976. The van der Waals surface area contributed by atoms with E-state index < -0.39 is 11.7 Å². The second kappa shape index (κ2) is 10.6. The van der Waals surface area contributed by atoms with E-state index in [0.29, 0.717) is 42.6 Å². The summed E-state index contributed by atoms with van der Waals surface area (Å²) in [6.45, 7) is 3.43. The van der Waals surface area contributed by atoms with Crippen molar-refractivity contribution in [2.24, 2.45) is 5.92 Å². The molecule has 2 aromatic carbocycles. The molecular weight excluding hydrogens is 483 g/mol. The number of benzene rings is 2. The molecular formula is C25H24F3NO5S. The van der Waals surface area contributed by atoms with Gasteiger partial charge in [0.1, 0.15) is 13.2 Å². The molecule has 2 aromatic rings. The number of esters is 1. The van der Waals surface area contributed by atoms with Gasteiger partial charge in [-0.25, -0.2) is 0 Å². The fourth-order valence-corrected chi connectivity index (χ4v) is 4.84. The van der Waals surface area contributed by atoms with Gasteiger partial charge in [0.2, 0.25) is 5.91 Å². The first-order valence-corrected chi connectivity index (χ1v) is 12.0. The molecule has 0 saturated carbocycles. The standard InChI is InChI=1S/C25H24F3NO5S/c1-2-32-24(31)17-9-10-29(15-17)23(30)8-4-16-3-7-22(19(13-16)25(26,27)28)35-18-5-6-20-21(14-18)34-12-11-33-20/h3-8,13-14,17H,2,9-12,15H2,1H3. The molecule has 1 fully saturated rings. The van der Waals surface area contributed by atoms with Crippen LogP contribution in [0.3, 0.4) is 0 Å². The maximum absolute atomic E-state index is 13.8. The highest BCUT2D eigenvalue weighted by Gasteiger charge is 2.34. The number of fused-ring (bicyclic) bond motifs is 1. The zero-order valence-corrected chi connectivity index (χ0v) is 19.8. The van der Waals surface area contributed by atoms with Crippen LogP contribution in [0, 0.1) is 5.92 Å². The van der Waals surface area contributed by atoms with Gasteiger partial charge in [0, 0.05) is 29.0 Å². The number of hydrogen-bond donors (Lipinski definition) is 0. The van der Waals surface area contributed by atoms with Gasteiger partial charge in [-0.1, -0.05) is 17.8 Å². The van der Waals surface area contributed by atoms with Crippen LogP contribution in [0.4, 0.5) is 13.2 Å². The van der Waals surface area contributed by atoms with E-state index in [4.69, 9.17) is 14.2 Å². The number of likely N-dealkylation sites (tertiary alicyclic amines) is 1. The number of ether oxygens (including phenoxy) is 3. The molecule has 0 aromatic heterocycles. The van der Waals surface area contributed by atoms with Crippen LogP contribution in [0.2, 0.25) is 0 Å². The topological polar surface area (TPSA) is 65.1 Å². The Balaban J connectivity index is 1.47. The first-order valence-electron chi connectivity index (χ1n) is 11.2. The number of carbonyl (C=O) groups is 2. The Bertz CT molecular complexity index is 1130. The third kappa shape index (κ3) is 6.11. The van der Waals surface area contributed by atoms with Crippen LogP contribution in [0.5, 0.6) is 11.5 Å². The van der Waals surface area contributed by atoms with E-state index in [1.54, 1.807) is 25.1 Å². The number of halogens is 3. The Morgan fingerprint density at radius 2 is 1.91 bits per heavy atom. The minimum atomic E-state index is -4.58. The van der Waals surface area contributed by atoms with Crippen molar-refractivity contribution in [3.63, 3.8) is 0 Å². The Kier molecular flexibility index (Phi) is 7.59. The van der Waals surface area contributed by atoms with Gasteiger partial charge in [0.15, 0.2) is 11.5 Å². The van der Waals surface area contributed by atoms with Crippen LogP contribution in [0.25, 0.3) is 6.08 Å². The molecule has 1 amide bonds. The SMILES string of the molecule is CCOC(=O)C1CCN(C(=O)C=Cc2ccc(Sc3ccc4c(c3)OCCO4)c(C(F)(F)F)c2)C1. The van der Waals surface area contributed by atoms with Crippen LogP contribution >= 0.6 is 11.8 Å². The van der Waals surface area contributed by atoms with Crippen molar-refractivity contribution in [1.82, 2.24) is 4.90 Å². The van der Waals surface area contributed by atoms with Gasteiger partial charge in [-0.05, 0) is 55.3 Å². The summed E-state index contributed by atoms with van der Waals surface area (Å²) < 4.78 is 57.5. The molecule has 2 heterocycles. The number of amides is 1. The highest BCUT2D eigenvalue weighted by molar-refractivity contribution is 7.99. The molecule has 2 aliphatic heterocycles. The lowest BCUT2D eigenvalue weighted by atomic mass is 10.1. The summed E-state index contributed by atoms with van der Waals surface area (Å²) in [5.41, 5.74) is -0.547. The van der Waals surface area contributed by atoms with Gasteiger partial charge in [-0.2, -0.15) is 13.2 Å². The summed E-state index contributed by atoms with van der Waals surface area (Å²) in [4.78, 5) is 26.5. The zero-order valence-electron chi connectivity index (χ0n) is 19.0. The van der Waals surface area contributed by atoms with E-state index in [0.717, 1.165) is 17.8 Å². The Morgan fingerprint density at radius 3 is 2.66 bits per heavy atom. The molecule has 1 unspecified atom stereocenters. The normalized spacial score (nSPS) is 17.6. The predicted octanol–water partition coefficient (Wildman–Crippen LogP) is 5.05. The second-order valence-electron chi connectivity index (χ2n) is 8.02. The maximum Gasteiger partial charge on any atom is 0.417 e. The quantitative estimate of drug-likeness (QED) is 0.403. The lowest BCUT2D eigenvalue weighted by molar-refractivity contribution is -0.147. The lowest BCUT2D eigenvalue weighted by Crippen LogP contribution is -2.28. The highest BCUT2D eigenvalue weighted by atomic mass is 32.2. The molecule has 1 atom stereocenters. The zero-order chi connectivity index (χ0) is 25.0. The Hall–Kier alpha value is -3.14. The van der Waals surface area contributed by atoms with Gasteiger partial charge >= 0.3 is 12.1 Å².